The van der Waals surface area contributed by atoms with Crippen LogP contribution in [0.5, 0.6) is 0 Å². The first-order chi connectivity index (χ1) is 24.0. The Hall–Kier alpha value is -6.12. The summed E-state index contributed by atoms with van der Waals surface area (Å²) in [4.78, 5) is 2.42. The van der Waals surface area contributed by atoms with Gasteiger partial charge in [0.15, 0.2) is 0 Å². The van der Waals surface area contributed by atoms with Gasteiger partial charge in [0, 0.05) is 33.2 Å². The van der Waals surface area contributed by atoms with Gasteiger partial charge in [0.05, 0.1) is 0 Å². The Morgan fingerprint density at radius 3 is 2.02 bits per heavy atom. The monoisotopic (exact) mass is 627 g/mol. The van der Waals surface area contributed by atoms with E-state index in [0.717, 1.165) is 39.0 Å². The quantitative estimate of drug-likeness (QED) is 0.193. The second kappa shape index (κ2) is 10.4. The highest BCUT2D eigenvalue weighted by atomic mass is 16.3. The van der Waals surface area contributed by atoms with E-state index in [-0.39, 0.29) is 5.41 Å². The average molecular weight is 628 g/mol. The summed E-state index contributed by atoms with van der Waals surface area (Å²) in [5, 5.41) is 7.17. The maximum atomic E-state index is 6.32. The maximum absolute atomic E-state index is 6.32. The van der Waals surface area contributed by atoms with Crippen LogP contribution in [0.4, 0.5) is 17.1 Å². The van der Waals surface area contributed by atoms with Crippen LogP contribution in [0.2, 0.25) is 0 Å². The molecule has 0 aliphatic heterocycles. The predicted octanol–water partition coefficient (Wildman–Crippen LogP) is 13.3. The first-order valence-corrected chi connectivity index (χ1v) is 17.0. The number of fused-ring (bicyclic) bond motifs is 9. The zero-order valence-corrected chi connectivity index (χ0v) is 27.4. The van der Waals surface area contributed by atoms with Crippen LogP contribution in [0.1, 0.15) is 25.0 Å². The molecule has 8 aromatic carbocycles. The largest absolute Gasteiger partial charge is 0.456 e. The number of hydrogen-bond acceptors (Lipinski definition) is 2. The molecule has 9 aromatic rings. The van der Waals surface area contributed by atoms with Crippen LogP contribution in [0.3, 0.4) is 0 Å². The molecule has 1 aromatic heterocycles. The van der Waals surface area contributed by atoms with E-state index in [0.29, 0.717) is 0 Å². The minimum absolute atomic E-state index is 0.0551. The number of hydrogen-bond donors (Lipinski definition) is 0. The molecule has 0 amide bonds. The molecular formula is C47H33NO. The Kier molecular flexibility index (Phi) is 5.95. The minimum Gasteiger partial charge on any atom is -0.456 e. The van der Waals surface area contributed by atoms with Gasteiger partial charge in [-0.05, 0) is 103 Å². The fourth-order valence-electron chi connectivity index (χ4n) is 8.25. The number of anilines is 3. The Morgan fingerprint density at radius 1 is 0.429 bits per heavy atom. The van der Waals surface area contributed by atoms with Crippen molar-refractivity contribution in [1.29, 1.82) is 0 Å². The van der Waals surface area contributed by atoms with Crippen LogP contribution in [0.15, 0.2) is 168 Å². The van der Waals surface area contributed by atoms with Crippen LogP contribution in [-0.4, -0.2) is 0 Å². The average Bonchev–Trinajstić information content (AvgIpc) is 3.64. The van der Waals surface area contributed by atoms with E-state index in [1.807, 2.05) is 6.07 Å². The van der Waals surface area contributed by atoms with Crippen molar-refractivity contribution >= 4 is 60.5 Å². The van der Waals surface area contributed by atoms with E-state index in [2.05, 4.69) is 176 Å². The maximum Gasteiger partial charge on any atom is 0.136 e. The summed E-state index contributed by atoms with van der Waals surface area (Å²) in [6.45, 7) is 4.68. The molecule has 1 heterocycles. The molecule has 232 valence electrons. The third-order valence-corrected chi connectivity index (χ3v) is 10.6. The van der Waals surface area contributed by atoms with Crippen LogP contribution in [0.25, 0.3) is 65.7 Å². The Balaban J connectivity index is 1.22. The first-order valence-electron chi connectivity index (χ1n) is 17.0. The van der Waals surface area contributed by atoms with Crippen molar-refractivity contribution in [3.05, 3.63) is 175 Å². The van der Waals surface area contributed by atoms with E-state index in [1.54, 1.807) is 0 Å². The van der Waals surface area contributed by atoms with Gasteiger partial charge in [-0.15, -0.1) is 0 Å². The highest BCUT2D eigenvalue weighted by molar-refractivity contribution is 6.19. The lowest BCUT2D eigenvalue weighted by molar-refractivity contribution is 0.660. The van der Waals surface area contributed by atoms with Gasteiger partial charge >= 0.3 is 0 Å². The summed E-state index contributed by atoms with van der Waals surface area (Å²) in [6, 6.07) is 59.6. The van der Waals surface area contributed by atoms with Gasteiger partial charge in [-0.2, -0.15) is 0 Å². The number of rotatable bonds is 4. The summed E-state index contributed by atoms with van der Waals surface area (Å²) < 4.78 is 6.32. The van der Waals surface area contributed by atoms with Crippen molar-refractivity contribution in [2.24, 2.45) is 0 Å². The fraction of sp³-hybridized carbons (Fsp3) is 0.0638. The normalized spacial score (nSPS) is 13.3. The molecule has 0 N–H and O–H groups in total. The van der Waals surface area contributed by atoms with Crippen LogP contribution >= 0.6 is 0 Å². The lowest BCUT2D eigenvalue weighted by Gasteiger charge is -2.28. The Bertz CT molecular complexity index is 2760. The van der Waals surface area contributed by atoms with Crippen molar-refractivity contribution in [3.8, 4) is 22.3 Å². The van der Waals surface area contributed by atoms with Gasteiger partial charge in [-0.1, -0.05) is 129 Å². The molecule has 1 aliphatic carbocycles. The van der Waals surface area contributed by atoms with E-state index >= 15 is 0 Å². The van der Waals surface area contributed by atoms with Gasteiger partial charge in [0.1, 0.15) is 11.2 Å². The van der Waals surface area contributed by atoms with E-state index in [1.165, 1.54) is 54.9 Å². The zero-order valence-electron chi connectivity index (χ0n) is 27.4. The van der Waals surface area contributed by atoms with Crippen molar-refractivity contribution in [1.82, 2.24) is 0 Å². The van der Waals surface area contributed by atoms with Gasteiger partial charge in [-0.3, -0.25) is 0 Å². The lowest BCUT2D eigenvalue weighted by atomic mass is 9.82. The fourth-order valence-corrected chi connectivity index (χ4v) is 8.25. The molecule has 2 nitrogen and oxygen atoms in total. The SMILES string of the molecule is CC1(C)c2ccccc2-c2cc(N(c3cccc(-c4cccc5ccccc45)c3)c3ccc4ccc5oc6ccccc6c5c4c3)ccc21. The standard InChI is InChI=1S/C47H33NO/c1-47(2)42-19-7-5-16-38(42)41-29-35(24-25-43(41)47)48(33-14-9-13-32(27-33)37-18-10-12-30-11-3-4-15-36(30)37)34-23-21-31-22-26-45-46(40(31)28-34)39-17-6-8-20-44(39)49-45/h3-29H,1-2H3. The highest BCUT2D eigenvalue weighted by Crippen LogP contribution is 2.51. The van der Waals surface area contributed by atoms with Crippen LogP contribution in [0, 0.1) is 0 Å². The van der Waals surface area contributed by atoms with Gasteiger partial charge in [0.25, 0.3) is 0 Å². The van der Waals surface area contributed by atoms with E-state index in [4.69, 9.17) is 4.42 Å². The summed E-state index contributed by atoms with van der Waals surface area (Å²) in [6.07, 6.45) is 0. The molecule has 0 radical (unpaired) electrons. The molecule has 10 rings (SSSR count). The summed E-state index contributed by atoms with van der Waals surface area (Å²) in [5.41, 5.74) is 12.9. The first kappa shape index (κ1) is 27.9. The molecule has 49 heavy (non-hydrogen) atoms. The third-order valence-electron chi connectivity index (χ3n) is 10.6. The van der Waals surface area contributed by atoms with Crippen molar-refractivity contribution in [2.45, 2.75) is 19.3 Å². The van der Waals surface area contributed by atoms with Crippen LogP contribution in [-0.2, 0) is 5.41 Å². The molecule has 0 spiro atoms. The molecule has 2 heteroatoms. The summed E-state index contributed by atoms with van der Waals surface area (Å²) in [5.74, 6) is 0. The van der Waals surface area contributed by atoms with E-state index in [9.17, 15) is 0 Å². The topological polar surface area (TPSA) is 16.4 Å². The number of benzene rings is 8. The highest BCUT2D eigenvalue weighted by Gasteiger charge is 2.35. The van der Waals surface area contributed by atoms with Gasteiger partial charge in [0.2, 0.25) is 0 Å². The Labute approximate surface area is 285 Å². The van der Waals surface area contributed by atoms with Crippen molar-refractivity contribution < 1.29 is 4.42 Å². The minimum atomic E-state index is -0.0551. The molecule has 0 atom stereocenters. The van der Waals surface area contributed by atoms with Crippen molar-refractivity contribution in [3.63, 3.8) is 0 Å². The number of para-hydroxylation sites is 1. The van der Waals surface area contributed by atoms with Crippen molar-refractivity contribution in [2.75, 3.05) is 4.90 Å². The summed E-state index contributed by atoms with van der Waals surface area (Å²) >= 11 is 0. The number of furan rings is 1. The zero-order chi connectivity index (χ0) is 32.7. The second-order valence-electron chi connectivity index (χ2n) is 13.8. The Morgan fingerprint density at radius 2 is 1.08 bits per heavy atom. The molecular weight excluding hydrogens is 595 g/mol. The third kappa shape index (κ3) is 4.20. The molecule has 0 saturated carbocycles. The molecule has 0 unspecified atom stereocenters. The van der Waals surface area contributed by atoms with Crippen LogP contribution < -0.4 is 4.90 Å². The predicted molar refractivity (Wildman–Crippen MR) is 206 cm³/mol. The lowest BCUT2D eigenvalue weighted by Crippen LogP contribution is -2.15. The number of nitrogens with zero attached hydrogens (tertiary/aromatic N) is 1. The molecule has 1 aliphatic rings. The van der Waals surface area contributed by atoms with Gasteiger partial charge in [-0.25, -0.2) is 0 Å². The summed E-state index contributed by atoms with van der Waals surface area (Å²) in [7, 11) is 0. The second-order valence-corrected chi connectivity index (χ2v) is 13.8. The van der Waals surface area contributed by atoms with E-state index < -0.39 is 0 Å². The molecule has 0 fully saturated rings. The van der Waals surface area contributed by atoms with Gasteiger partial charge < -0.3 is 9.32 Å². The molecule has 0 bridgehead atoms. The smallest absolute Gasteiger partial charge is 0.136 e. The molecule has 0 saturated heterocycles.